The summed E-state index contributed by atoms with van der Waals surface area (Å²) < 4.78 is 0. The van der Waals surface area contributed by atoms with Crippen molar-refractivity contribution in [3.8, 4) is 5.75 Å². The van der Waals surface area contributed by atoms with Gasteiger partial charge in [-0.05, 0) is 0 Å². The Morgan fingerprint density at radius 1 is 1.22 bits per heavy atom. The Bertz CT molecular complexity index is 1270. The van der Waals surface area contributed by atoms with Crippen molar-refractivity contribution in [1.29, 1.82) is 0 Å². The molecule has 4 rings (SSSR count). The summed E-state index contributed by atoms with van der Waals surface area (Å²) >= 11 is 0. The van der Waals surface area contributed by atoms with Crippen molar-refractivity contribution in [1.82, 2.24) is 4.90 Å². The molecular weight excluding hydrogens is 461 g/mol. The minimum absolute atomic E-state index is 0.0122. The van der Waals surface area contributed by atoms with Gasteiger partial charge in [0.15, 0.2) is 0 Å². The molecule has 3 aliphatic carbocycles. The van der Waals surface area contributed by atoms with Gasteiger partial charge in [0.1, 0.15) is 0 Å². The van der Waals surface area contributed by atoms with Crippen LogP contribution in [0.5, 0.6) is 5.75 Å². The van der Waals surface area contributed by atoms with Crippen LogP contribution in [0.2, 0.25) is 0 Å². The standard InChI is InChI=1S/C26H34BN3O6/c1-7-11-8-14(31)17-15(19(11)29(3)4)10(2)12-9-13-20(30(5)6)22(33)18(25(28)35)23(27)26(13,36)24(34)16(12)21(17)32/h8,10,12-13,20,27,31,33-34,36H,7,9H2,1-6H3,(H2,28,35)/t10-,12-,13+,20+,26-/m1/s1. The fourth-order valence-corrected chi connectivity index (χ4v) is 6.69. The van der Waals surface area contributed by atoms with Crippen molar-refractivity contribution in [3.63, 3.8) is 0 Å². The topological polar surface area (TPSA) is 148 Å². The Morgan fingerprint density at radius 2 is 1.83 bits per heavy atom. The van der Waals surface area contributed by atoms with E-state index in [4.69, 9.17) is 5.73 Å². The number of carbonyl (C=O) groups excluding carboxylic acids is 2. The molecule has 0 aromatic heterocycles. The van der Waals surface area contributed by atoms with Crippen molar-refractivity contribution in [2.75, 3.05) is 33.1 Å². The van der Waals surface area contributed by atoms with Gasteiger partial charge in [0.05, 0.1) is 0 Å². The summed E-state index contributed by atoms with van der Waals surface area (Å²) in [6.07, 6.45) is 0.859. The molecule has 0 saturated carbocycles. The van der Waals surface area contributed by atoms with Gasteiger partial charge in [-0.25, -0.2) is 0 Å². The van der Waals surface area contributed by atoms with Crippen molar-refractivity contribution >= 4 is 30.3 Å². The molecule has 6 N–H and O–H groups in total. The predicted octanol–water partition coefficient (Wildman–Crippen LogP) is 0.814. The van der Waals surface area contributed by atoms with Crippen molar-refractivity contribution in [2.45, 2.75) is 44.2 Å². The number of Topliss-reactive ketones (excluding diaryl/α,β-unsaturated/α-hetero) is 1. The number of nitrogens with zero attached hydrogens (tertiary/aromatic N) is 2. The average molecular weight is 495 g/mol. The Balaban J connectivity index is 2.04. The number of aliphatic hydroxyl groups excluding tert-OH is 2. The van der Waals surface area contributed by atoms with E-state index >= 15 is 0 Å². The van der Waals surface area contributed by atoms with Crippen molar-refractivity contribution < 1.29 is 30.0 Å². The van der Waals surface area contributed by atoms with Gasteiger partial charge < -0.3 is 0 Å². The number of rotatable bonds is 4. The van der Waals surface area contributed by atoms with E-state index in [-0.39, 0.29) is 46.0 Å². The summed E-state index contributed by atoms with van der Waals surface area (Å²) in [7, 11) is 11.0. The van der Waals surface area contributed by atoms with E-state index in [0.29, 0.717) is 12.0 Å². The van der Waals surface area contributed by atoms with E-state index in [1.165, 1.54) is 0 Å². The van der Waals surface area contributed by atoms with Gasteiger partial charge >= 0.3 is 211 Å². The number of aromatic hydroxyl groups is 1. The third-order valence-electron chi connectivity index (χ3n) is 8.27. The summed E-state index contributed by atoms with van der Waals surface area (Å²) in [4.78, 5) is 29.7. The van der Waals surface area contributed by atoms with Gasteiger partial charge in [-0.15, -0.1) is 0 Å². The van der Waals surface area contributed by atoms with Crippen LogP contribution in [0.25, 0.3) is 0 Å². The Morgan fingerprint density at radius 3 is 2.33 bits per heavy atom. The Labute approximate surface area is 211 Å². The van der Waals surface area contributed by atoms with Gasteiger partial charge in [-0.3, -0.25) is 0 Å². The SMILES string of the molecule is B=C1C(C(N)=O)=C(O)[C@@H](N(C)C)[C@@H]2C[C@H]3C(=C(O)[C@]12O)C(=O)c1c(O)cc(CC)c(N(C)C)c1[C@@H]3C. The number of allylic oxidation sites excluding steroid dienone is 1. The number of amides is 1. The third-order valence-corrected chi connectivity index (χ3v) is 8.27. The number of phenols is 1. The summed E-state index contributed by atoms with van der Waals surface area (Å²) in [6, 6.07) is 0.712. The summed E-state index contributed by atoms with van der Waals surface area (Å²) in [6.45, 7) is 3.91. The van der Waals surface area contributed by atoms with Crippen LogP contribution in [0.3, 0.4) is 0 Å². The molecule has 0 fully saturated rings. The number of ketones is 1. The van der Waals surface area contributed by atoms with E-state index in [2.05, 4.69) is 7.49 Å². The number of nitrogens with two attached hydrogens (primary N) is 1. The minimum atomic E-state index is -2.20. The number of hydrogen-bond acceptors (Lipinski definition) is 8. The molecule has 0 bridgehead atoms. The molecular formula is C26H34BN3O6. The van der Waals surface area contributed by atoms with Gasteiger partial charge in [-0.1, -0.05) is 0 Å². The zero-order valence-electron chi connectivity index (χ0n) is 21.6. The van der Waals surface area contributed by atoms with Crippen LogP contribution in [0.4, 0.5) is 5.69 Å². The molecule has 1 amide bonds. The predicted molar refractivity (Wildman–Crippen MR) is 139 cm³/mol. The number of phenolic OH excluding ortho intramolecular Hbond substituents is 1. The average Bonchev–Trinajstić information content (AvgIpc) is 2.78. The Kier molecular flexibility index (Phi) is 6.12. The van der Waals surface area contributed by atoms with Crippen LogP contribution in [-0.2, 0) is 11.2 Å². The quantitative estimate of drug-likeness (QED) is 0.386. The van der Waals surface area contributed by atoms with E-state index in [9.17, 15) is 30.0 Å². The second-order valence-corrected chi connectivity index (χ2v) is 10.5. The fourth-order valence-electron chi connectivity index (χ4n) is 6.69. The van der Waals surface area contributed by atoms with E-state index in [1.54, 1.807) is 25.1 Å². The first-order valence-electron chi connectivity index (χ1n) is 12.1. The second kappa shape index (κ2) is 8.49. The first-order valence-corrected chi connectivity index (χ1v) is 12.1. The third kappa shape index (κ3) is 3.20. The van der Waals surface area contributed by atoms with Gasteiger partial charge in [0.25, 0.3) is 0 Å². The summed E-state index contributed by atoms with van der Waals surface area (Å²) in [5, 5.41) is 45.5. The summed E-state index contributed by atoms with van der Waals surface area (Å²) in [5.74, 6) is -4.33. The Hall–Kier alpha value is -3.11. The number of aryl methyl sites for hydroxylation is 1. The zero-order chi connectivity index (χ0) is 27.0. The molecule has 36 heavy (non-hydrogen) atoms. The van der Waals surface area contributed by atoms with Crippen LogP contribution in [0, 0.1) is 11.8 Å². The molecule has 3 aliphatic rings. The number of fused-ring (bicyclic) bond motifs is 3. The molecule has 10 heteroatoms. The molecule has 0 unspecified atom stereocenters. The van der Waals surface area contributed by atoms with Crippen LogP contribution in [0.15, 0.2) is 28.7 Å². The zero-order valence-corrected chi connectivity index (χ0v) is 21.6. The maximum absolute atomic E-state index is 13.9. The van der Waals surface area contributed by atoms with Crippen LogP contribution in [0.1, 0.15) is 47.7 Å². The normalized spacial score (nSPS) is 29.8. The maximum atomic E-state index is 13.9. The molecule has 0 heterocycles. The van der Waals surface area contributed by atoms with Crippen LogP contribution < -0.4 is 10.6 Å². The number of carbonyl (C=O) groups is 2. The van der Waals surface area contributed by atoms with E-state index in [1.807, 2.05) is 32.8 Å². The molecule has 0 aliphatic heterocycles. The van der Waals surface area contributed by atoms with Gasteiger partial charge in [0, 0.05) is 0 Å². The number of hydrogen-bond donors (Lipinski definition) is 5. The molecule has 1 aromatic rings. The molecule has 192 valence electrons. The molecule has 1 aromatic carbocycles. The van der Waals surface area contributed by atoms with E-state index in [0.717, 1.165) is 11.3 Å². The van der Waals surface area contributed by atoms with Gasteiger partial charge in [-0.2, -0.15) is 0 Å². The monoisotopic (exact) mass is 495 g/mol. The fraction of sp³-hybridized carbons (Fsp3) is 0.500. The molecule has 5 atom stereocenters. The molecule has 0 spiro atoms. The number of aliphatic hydroxyl groups is 3. The second-order valence-electron chi connectivity index (χ2n) is 10.5. The molecule has 0 saturated heterocycles. The first kappa shape index (κ1) is 26.0. The van der Waals surface area contributed by atoms with Gasteiger partial charge in [0.2, 0.25) is 0 Å². The molecule has 0 radical (unpaired) electrons. The first-order chi connectivity index (χ1) is 16.7. The molecule has 9 nitrogen and oxygen atoms in total. The number of likely N-dealkylation sites (N-methyl/N-ethyl adjacent to an activating group) is 1. The van der Waals surface area contributed by atoms with Crippen molar-refractivity contribution in [3.05, 3.63) is 45.4 Å². The van der Waals surface area contributed by atoms with E-state index < -0.39 is 40.9 Å². The van der Waals surface area contributed by atoms with Crippen molar-refractivity contribution in [2.24, 2.45) is 17.6 Å². The van der Waals surface area contributed by atoms with Crippen LogP contribution in [-0.4, -0.2) is 89.8 Å². The van der Waals surface area contributed by atoms with Crippen LogP contribution >= 0.6 is 0 Å². The number of primary amides is 1. The number of anilines is 1. The summed E-state index contributed by atoms with van der Waals surface area (Å²) in [5.41, 5.74) is 5.24. The number of benzene rings is 1.